The van der Waals surface area contributed by atoms with Gasteiger partial charge in [0.25, 0.3) is 5.91 Å². The van der Waals surface area contributed by atoms with Crippen molar-refractivity contribution in [3.63, 3.8) is 0 Å². The molecule has 2 aromatic carbocycles. The highest BCUT2D eigenvalue weighted by Gasteiger charge is 2.12. The summed E-state index contributed by atoms with van der Waals surface area (Å²) in [5.41, 5.74) is 7.09. The van der Waals surface area contributed by atoms with E-state index in [0.717, 1.165) is 4.47 Å². The highest BCUT2D eigenvalue weighted by Crippen LogP contribution is 2.24. The van der Waals surface area contributed by atoms with Crippen LogP contribution in [0.5, 0.6) is 0 Å². The molecule has 3 nitrogen and oxygen atoms in total. The number of anilines is 2. The summed E-state index contributed by atoms with van der Waals surface area (Å²) in [7, 11) is 0. The van der Waals surface area contributed by atoms with Gasteiger partial charge in [0, 0.05) is 10.2 Å². The summed E-state index contributed by atoms with van der Waals surface area (Å²) in [5.74, 6) is -0.287. The number of carbonyl (C=O) groups is 1. The standard InChI is InChI=1S/C13H10BrClN2O/c14-8-3-1-4-9(7-8)17-13(18)10-5-2-6-11(16)12(10)15/h1-7H,16H2,(H,17,18). The van der Waals surface area contributed by atoms with Crippen molar-refractivity contribution in [2.45, 2.75) is 0 Å². The number of rotatable bonds is 2. The van der Waals surface area contributed by atoms with Crippen LogP contribution in [0.15, 0.2) is 46.9 Å². The molecule has 0 bridgehead atoms. The van der Waals surface area contributed by atoms with Crippen LogP contribution in [0.25, 0.3) is 0 Å². The molecule has 5 heteroatoms. The fourth-order valence-corrected chi connectivity index (χ4v) is 2.10. The van der Waals surface area contributed by atoms with Gasteiger partial charge in [-0.3, -0.25) is 4.79 Å². The first-order valence-electron chi connectivity index (χ1n) is 5.19. The van der Waals surface area contributed by atoms with Gasteiger partial charge in [0.2, 0.25) is 0 Å². The molecule has 2 aromatic rings. The van der Waals surface area contributed by atoms with Crippen molar-refractivity contribution in [1.82, 2.24) is 0 Å². The zero-order valence-corrected chi connectivity index (χ0v) is 11.6. The minimum atomic E-state index is -0.287. The van der Waals surface area contributed by atoms with Crippen LogP contribution in [0.2, 0.25) is 5.02 Å². The van der Waals surface area contributed by atoms with Crippen LogP contribution in [0.3, 0.4) is 0 Å². The number of nitrogen functional groups attached to an aromatic ring is 1. The van der Waals surface area contributed by atoms with Gasteiger partial charge in [0.1, 0.15) is 0 Å². The highest BCUT2D eigenvalue weighted by molar-refractivity contribution is 9.10. The van der Waals surface area contributed by atoms with Crippen molar-refractivity contribution in [2.24, 2.45) is 0 Å². The number of amides is 1. The monoisotopic (exact) mass is 324 g/mol. The van der Waals surface area contributed by atoms with E-state index in [1.807, 2.05) is 12.1 Å². The van der Waals surface area contributed by atoms with E-state index < -0.39 is 0 Å². The molecule has 0 spiro atoms. The van der Waals surface area contributed by atoms with Crippen molar-refractivity contribution < 1.29 is 4.79 Å². The van der Waals surface area contributed by atoms with E-state index in [1.165, 1.54) is 0 Å². The molecule has 0 aliphatic rings. The van der Waals surface area contributed by atoms with Gasteiger partial charge < -0.3 is 11.1 Å². The van der Waals surface area contributed by atoms with Gasteiger partial charge in [-0.05, 0) is 30.3 Å². The lowest BCUT2D eigenvalue weighted by atomic mass is 10.2. The summed E-state index contributed by atoms with van der Waals surface area (Å²) in [6.45, 7) is 0. The lowest BCUT2D eigenvalue weighted by Gasteiger charge is -2.08. The third-order valence-corrected chi connectivity index (χ3v) is 3.27. The number of nitrogens with two attached hydrogens (primary N) is 1. The number of hydrogen-bond acceptors (Lipinski definition) is 2. The molecule has 1 amide bonds. The highest BCUT2D eigenvalue weighted by atomic mass is 79.9. The second-order valence-electron chi connectivity index (χ2n) is 3.67. The molecule has 0 atom stereocenters. The van der Waals surface area contributed by atoms with Crippen LogP contribution in [0.1, 0.15) is 10.4 Å². The van der Waals surface area contributed by atoms with E-state index in [1.54, 1.807) is 30.3 Å². The Hall–Kier alpha value is -1.52. The van der Waals surface area contributed by atoms with Gasteiger partial charge in [0.05, 0.1) is 16.3 Å². The minimum absolute atomic E-state index is 0.269. The van der Waals surface area contributed by atoms with E-state index in [9.17, 15) is 4.79 Å². The lowest BCUT2D eigenvalue weighted by molar-refractivity contribution is 0.102. The minimum Gasteiger partial charge on any atom is -0.398 e. The predicted octanol–water partition coefficient (Wildman–Crippen LogP) is 3.94. The Morgan fingerprint density at radius 3 is 2.67 bits per heavy atom. The molecule has 0 unspecified atom stereocenters. The first-order chi connectivity index (χ1) is 8.58. The normalized spacial score (nSPS) is 10.1. The van der Waals surface area contributed by atoms with Crippen molar-refractivity contribution in [1.29, 1.82) is 0 Å². The third kappa shape index (κ3) is 2.83. The van der Waals surface area contributed by atoms with Crippen LogP contribution in [0.4, 0.5) is 11.4 Å². The van der Waals surface area contributed by atoms with Crippen molar-refractivity contribution in [3.8, 4) is 0 Å². The molecule has 0 fully saturated rings. The Kier molecular flexibility index (Phi) is 3.89. The van der Waals surface area contributed by atoms with Crippen molar-refractivity contribution in [2.75, 3.05) is 11.1 Å². The molecule has 0 saturated heterocycles. The smallest absolute Gasteiger partial charge is 0.257 e. The molecule has 3 N–H and O–H groups in total. The van der Waals surface area contributed by atoms with Gasteiger partial charge in [-0.15, -0.1) is 0 Å². The number of hydrogen-bond donors (Lipinski definition) is 2. The maximum Gasteiger partial charge on any atom is 0.257 e. The molecular formula is C13H10BrClN2O. The quantitative estimate of drug-likeness (QED) is 0.822. The Morgan fingerprint density at radius 2 is 1.94 bits per heavy atom. The molecule has 0 saturated carbocycles. The van der Waals surface area contributed by atoms with Crippen LogP contribution in [0, 0.1) is 0 Å². The number of benzene rings is 2. The number of halogens is 2. The Bertz CT molecular complexity index is 601. The van der Waals surface area contributed by atoms with Crippen LogP contribution in [-0.4, -0.2) is 5.91 Å². The molecule has 92 valence electrons. The van der Waals surface area contributed by atoms with Crippen LogP contribution >= 0.6 is 27.5 Å². The fraction of sp³-hybridized carbons (Fsp3) is 0. The third-order valence-electron chi connectivity index (χ3n) is 2.36. The van der Waals surface area contributed by atoms with Gasteiger partial charge >= 0.3 is 0 Å². The van der Waals surface area contributed by atoms with E-state index in [0.29, 0.717) is 16.9 Å². The summed E-state index contributed by atoms with van der Waals surface area (Å²) in [4.78, 5) is 12.0. The Balaban J connectivity index is 2.25. The van der Waals surface area contributed by atoms with Crippen LogP contribution in [-0.2, 0) is 0 Å². The van der Waals surface area contributed by atoms with Gasteiger partial charge in [0.15, 0.2) is 0 Å². The number of nitrogens with one attached hydrogen (secondary N) is 1. The fourth-order valence-electron chi connectivity index (χ4n) is 1.49. The largest absolute Gasteiger partial charge is 0.398 e. The average Bonchev–Trinajstić information content (AvgIpc) is 2.32. The SMILES string of the molecule is Nc1cccc(C(=O)Nc2cccc(Br)c2)c1Cl. The van der Waals surface area contributed by atoms with Gasteiger partial charge in [-0.2, -0.15) is 0 Å². The second kappa shape index (κ2) is 5.42. The molecule has 0 aromatic heterocycles. The first-order valence-corrected chi connectivity index (χ1v) is 6.36. The van der Waals surface area contributed by atoms with E-state index in [4.69, 9.17) is 17.3 Å². The molecule has 18 heavy (non-hydrogen) atoms. The van der Waals surface area contributed by atoms with Gasteiger partial charge in [-0.25, -0.2) is 0 Å². The van der Waals surface area contributed by atoms with E-state index >= 15 is 0 Å². The average molecular weight is 326 g/mol. The van der Waals surface area contributed by atoms with E-state index in [-0.39, 0.29) is 10.9 Å². The predicted molar refractivity (Wildman–Crippen MR) is 78.0 cm³/mol. The van der Waals surface area contributed by atoms with Crippen molar-refractivity contribution >= 4 is 44.8 Å². The van der Waals surface area contributed by atoms with Gasteiger partial charge in [-0.1, -0.05) is 39.7 Å². The Labute approximate surface area is 118 Å². The molecule has 2 rings (SSSR count). The molecule has 0 heterocycles. The molecular weight excluding hydrogens is 316 g/mol. The maximum atomic E-state index is 12.0. The first kappa shape index (κ1) is 12.9. The Morgan fingerprint density at radius 1 is 1.22 bits per heavy atom. The molecule has 0 aliphatic carbocycles. The zero-order chi connectivity index (χ0) is 13.1. The summed E-state index contributed by atoms with van der Waals surface area (Å²) in [6, 6.07) is 12.3. The topological polar surface area (TPSA) is 55.1 Å². The molecule has 0 radical (unpaired) electrons. The summed E-state index contributed by atoms with van der Waals surface area (Å²) < 4.78 is 0.888. The number of carbonyl (C=O) groups excluding carboxylic acids is 1. The zero-order valence-electron chi connectivity index (χ0n) is 9.28. The summed E-state index contributed by atoms with van der Waals surface area (Å²) in [5, 5.41) is 3.03. The summed E-state index contributed by atoms with van der Waals surface area (Å²) in [6.07, 6.45) is 0. The second-order valence-corrected chi connectivity index (χ2v) is 4.97. The lowest BCUT2D eigenvalue weighted by Crippen LogP contribution is -2.13. The van der Waals surface area contributed by atoms with E-state index in [2.05, 4.69) is 21.2 Å². The maximum absolute atomic E-state index is 12.0. The molecule has 0 aliphatic heterocycles. The van der Waals surface area contributed by atoms with Crippen LogP contribution < -0.4 is 11.1 Å². The summed E-state index contributed by atoms with van der Waals surface area (Å²) >= 11 is 9.33. The van der Waals surface area contributed by atoms with Crippen molar-refractivity contribution in [3.05, 3.63) is 57.5 Å².